The van der Waals surface area contributed by atoms with Gasteiger partial charge < -0.3 is 10.1 Å². The molecule has 0 radical (unpaired) electrons. The fourth-order valence-electron chi connectivity index (χ4n) is 2.60. The van der Waals surface area contributed by atoms with Crippen molar-refractivity contribution in [2.75, 3.05) is 6.61 Å². The van der Waals surface area contributed by atoms with Gasteiger partial charge in [0.1, 0.15) is 5.75 Å². The first kappa shape index (κ1) is 22.2. The minimum absolute atomic E-state index is 0.0662. The average molecular weight is 465 g/mol. The van der Waals surface area contributed by atoms with Crippen molar-refractivity contribution in [3.63, 3.8) is 0 Å². The second-order valence-corrected chi connectivity index (χ2v) is 8.26. The van der Waals surface area contributed by atoms with E-state index in [2.05, 4.69) is 10.6 Å². The molecule has 0 aliphatic carbocycles. The lowest BCUT2D eigenvalue weighted by atomic mass is 10.2. The second kappa shape index (κ2) is 10.5. The average Bonchev–Trinajstić information content (AvgIpc) is 3.03. The first-order valence-electron chi connectivity index (χ1n) is 9.09. The number of carbonyl (C=O) groups excluding carboxylic acids is 3. The zero-order chi connectivity index (χ0) is 21.5. The fraction of sp³-hybridized carbons (Fsp3) is 0.190. The van der Waals surface area contributed by atoms with Crippen LogP contribution < -0.4 is 15.4 Å². The highest BCUT2D eigenvalue weighted by molar-refractivity contribution is 8.18. The molecule has 1 aliphatic heterocycles. The molecular weight excluding hydrogens is 447 g/mol. The van der Waals surface area contributed by atoms with Crippen molar-refractivity contribution in [2.24, 2.45) is 0 Å². The lowest BCUT2D eigenvalue weighted by molar-refractivity contribution is -0.121. The number of thioether (sulfide) groups is 1. The van der Waals surface area contributed by atoms with Crippen LogP contribution in [0, 0.1) is 0 Å². The maximum Gasteiger partial charge on any atom is 0.290 e. The van der Waals surface area contributed by atoms with Gasteiger partial charge in [-0.05, 0) is 59.7 Å². The number of imide groups is 1. The first-order valence-corrected chi connectivity index (χ1v) is 10.7. The van der Waals surface area contributed by atoms with Crippen LogP contribution in [-0.2, 0) is 16.1 Å². The molecule has 2 aromatic rings. The van der Waals surface area contributed by atoms with Crippen molar-refractivity contribution in [3.05, 3.63) is 68.5 Å². The Kier molecular flexibility index (Phi) is 7.79. The fourth-order valence-corrected chi connectivity index (χ4v) is 3.65. The molecule has 0 saturated carbocycles. The normalized spacial score (nSPS) is 14.7. The Balaban J connectivity index is 1.42. The lowest BCUT2D eigenvalue weighted by Gasteiger charge is -2.09. The quantitative estimate of drug-likeness (QED) is 0.433. The van der Waals surface area contributed by atoms with Crippen molar-refractivity contribution in [2.45, 2.75) is 19.4 Å². The zero-order valence-electron chi connectivity index (χ0n) is 15.7. The summed E-state index contributed by atoms with van der Waals surface area (Å²) in [5.41, 5.74) is 1.66. The van der Waals surface area contributed by atoms with Crippen molar-refractivity contribution >= 4 is 58.1 Å². The Labute approximate surface area is 188 Å². The van der Waals surface area contributed by atoms with Crippen molar-refractivity contribution in [1.82, 2.24) is 10.6 Å². The minimum Gasteiger partial charge on any atom is -0.492 e. The van der Waals surface area contributed by atoms with Gasteiger partial charge in [-0.2, -0.15) is 0 Å². The van der Waals surface area contributed by atoms with Gasteiger partial charge in [-0.25, -0.2) is 0 Å². The Morgan fingerprint density at radius 3 is 2.57 bits per heavy atom. The Hall–Kier alpha value is -2.48. The highest BCUT2D eigenvalue weighted by atomic mass is 35.5. The summed E-state index contributed by atoms with van der Waals surface area (Å²) < 4.78 is 5.64. The van der Waals surface area contributed by atoms with Gasteiger partial charge in [0.05, 0.1) is 16.5 Å². The number of halogens is 2. The third-order valence-electron chi connectivity index (χ3n) is 4.10. The molecule has 3 amide bonds. The van der Waals surface area contributed by atoms with Gasteiger partial charge >= 0.3 is 0 Å². The summed E-state index contributed by atoms with van der Waals surface area (Å²) in [4.78, 5) is 35.1. The Morgan fingerprint density at radius 1 is 1.13 bits per heavy atom. The number of nitrogens with one attached hydrogen (secondary N) is 2. The number of hydrogen-bond acceptors (Lipinski definition) is 5. The lowest BCUT2D eigenvalue weighted by Crippen LogP contribution is -2.22. The van der Waals surface area contributed by atoms with Crippen molar-refractivity contribution in [1.29, 1.82) is 0 Å². The summed E-state index contributed by atoms with van der Waals surface area (Å²) in [5.74, 6) is -0.000660. The standard InChI is InChI=1S/C21H18Cl2N2O4S/c22-15-6-3-13(4-7-15)12-24-19(26)2-1-9-29-17-8-5-14(10-16(17)23)11-18-20(27)25-21(28)30-18/h3-8,10-11H,1-2,9,12H2,(H,24,26)(H,25,27,28). The van der Waals surface area contributed by atoms with Gasteiger partial charge in [0.25, 0.3) is 11.1 Å². The van der Waals surface area contributed by atoms with Crippen LogP contribution in [0.25, 0.3) is 6.08 Å². The second-order valence-electron chi connectivity index (χ2n) is 6.40. The Morgan fingerprint density at radius 2 is 1.90 bits per heavy atom. The molecule has 3 rings (SSSR count). The summed E-state index contributed by atoms with van der Waals surface area (Å²) in [7, 11) is 0. The van der Waals surface area contributed by atoms with Crippen LogP contribution in [0.5, 0.6) is 5.75 Å². The van der Waals surface area contributed by atoms with E-state index in [1.807, 2.05) is 12.1 Å². The molecule has 156 valence electrons. The van der Waals surface area contributed by atoms with Crippen LogP contribution in [0.15, 0.2) is 47.4 Å². The van der Waals surface area contributed by atoms with E-state index >= 15 is 0 Å². The predicted molar refractivity (Wildman–Crippen MR) is 119 cm³/mol. The summed E-state index contributed by atoms with van der Waals surface area (Å²) in [6.45, 7) is 0.781. The highest BCUT2D eigenvalue weighted by Crippen LogP contribution is 2.30. The first-order chi connectivity index (χ1) is 14.4. The van der Waals surface area contributed by atoms with Gasteiger partial charge in [0.15, 0.2) is 0 Å². The number of amides is 3. The van der Waals surface area contributed by atoms with Gasteiger partial charge in [-0.3, -0.25) is 19.7 Å². The van der Waals surface area contributed by atoms with Gasteiger partial charge in [-0.1, -0.05) is 41.4 Å². The molecule has 9 heteroatoms. The van der Waals surface area contributed by atoms with Crippen LogP contribution in [0.3, 0.4) is 0 Å². The molecule has 2 N–H and O–H groups in total. The predicted octanol–water partition coefficient (Wildman–Crippen LogP) is 4.79. The molecule has 0 bridgehead atoms. The number of ether oxygens (including phenoxy) is 1. The smallest absolute Gasteiger partial charge is 0.290 e. The van der Waals surface area contributed by atoms with Crippen LogP contribution >= 0.6 is 35.0 Å². The largest absolute Gasteiger partial charge is 0.492 e. The van der Waals surface area contributed by atoms with E-state index in [4.69, 9.17) is 27.9 Å². The van der Waals surface area contributed by atoms with E-state index in [1.165, 1.54) is 0 Å². The monoisotopic (exact) mass is 464 g/mol. The zero-order valence-corrected chi connectivity index (χ0v) is 18.1. The molecule has 1 heterocycles. The Bertz CT molecular complexity index is 993. The van der Waals surface area contributed by atoms with E-state index < -0.39 is 11.1 Å². The number of rotatable bonds is 8. The SMILES string of the molecule is O=C(CCCOc1ccc(C=C2SC(=O)NC2=O)cc1Cl)NCc1ccc(Cl)cc1. The van der Waals surface area contributed by atoms with E-state index in [1.54, 1.807) is 36.4 Å². The molecule has 0 unspecified atom stereocenters. The molecule has 2 aromatic carbocycles. The molecule has 6 nitrogen and oxygen atoms in total. The molecule has 30 heavy (non-hydrogen) atoms. The van der Waals surface area contributed by atoms with Gasteiger partial charge in [0, 0.05) is 18.0 Å². The summed E-state index contributed by atoms with van der Waals surface area (Å²) in [5, 5.41) is 5.69. The third-order valence-corrected chi connectivity index (χ3v) is 5.46. The summed E-state index contributed by atoms with van der Waals surface area (Å²) in [6, 6.07) is 12.4. The molecule has 0 spiro atoms. The van der Waals surface area contributed by atoms with Gasteiger partial charge in [0.2, 0.25) is 5.91 Å². The summed E-state index contributed by atoms with van der Waals surface area (Å²) >= 11 is 12.9. The number of carbonyl (C=O) groups is 3. The van der Waals surface area contributed by atoms with E-state index in [0.29, 0.717) is 52.3 Å². The van der Waals surface area contributed by atoms with Gasteiger partial charge in [-0.15, -0.1) is 0 Å². The van der Waals surface area contributed by atoms with Crippen LogP contribution in [0.4, 0.5) is 4.79 Å². The van der Waals surface area contributed by atoms with E-state index in [9.17, 15) is 14.4 Å². The third kappa shape index (κ3) is 6.52. The number of hydrogen-bond donors (Lipinski definition) is 2. The topological polar surface area (TPSA) is 84.5 Å². The molecule has 1 saturated heterocycles. The molecule has 0 atom stereocenters. The van der Waals surface area contributed by atoms with Crippen molar-refractivity contribution < 1.29 is 19.1 Å². The highest BCUT2D eigenvalue weighted by Gasteiger charge is 2.24. The van der Waals surface area contributed by atoms with Crippen LogP contribution in [0.2, 0.25) is 10.0 Å². The number of benzene rings is 2. The van der Waals surface area contributed by atoms with Crippen molar-refractivity contribution in [3.8, 4) is 5.75 Å². The molecule has 1 fully saturated rings. The molecule has 1 aliphatic rings. The van der Waals surface area contributed by atoms with E-state index in [0.717, 1.165) is 17.3 Å². The van der Waals surface area contributed by atoms with Crippen LogP contribution in [-0.4, -0.2) is 23.7 Å². The summed E-state index contributed by atoms with van der Waals surface area (Å²) in [6.07, 6.45) is 2.45. The van der Waals surface area contributed by atoms with Crippen LogP contribution in [0.1, 0.15) is 24.0 Å². The maximum absolute atomic E-state index is 11.9. The van der Waals surface area contributed by atoms with E-state index in [-0.39, 0.29) is 5.91 Å². The molecule has 0 aromatic heterocycles. The molecular formula is C21H18Cl2N2O4S. The maximum atomic E-state index is 11.9. The minimum atomic E-state index is -0.421.